The first kappa shape index (κ1) is 15.9. The second-order valence-electron chi connectivity index (χ2n) is 5.68. The van der Waals surface area contributed by atoms with Crippen molar-refractivity contribution < 1.29 is 13.2 Å². The first-order valence-electron chi connectivity index (χ1n) is 7.18. The van der Waals surface area contributed by atoms with Crippen molar-refractivity contribution in [3.05, 3.63) is 17.7 Å². The molecule has 1 saturated carbocycles. The van der Waals surface area contributed by atoms with Crippen LogP contribution >= 0.6 is 0 Å². The fourth-order valence-corrected chi connectivity index (χ4v) is 2.92. The monoisotopic (exact) mass is 302 g/mol. The second-order valence-corrected chi connectivity index (χ2v) is 5.68. The number of aromatic nitrogens is 1. The minimum atomic E-state index is -4.42. The summed E-state index contributed by atoms with van der Waals surface area (Å²) in [6.07, 6.45) is 1.18. The van der Waals surface area contributed by atoms with Gasteiger partial charge in [0.1, 0.15) is 11.6 Å². The number of nitrogen functional groups attached to an aromatic ring is 1. The number of nitrogens with two attached hydrogens (primary N) is 1. The molecule has 0 amide bonds. The molecule has 21 heavy (non-hydrogen) atoms. The van der Waals surface area contributed by atoms with Gasteiger partial charge in [0.05, 0.1) is 5.56 Å². The van der Waals surface area contributed by atoms with Gasteiger partial charge in [-0.15, -0.1) is 0 Å². The van der Waals surface area contributed by atoms with E-state index in [0.717, 1.165) is 31.4 Å². The molecule has 4 N–H and O–H groups in total. The SMILES string of the molecule is CCC1(CNc2cc(C(F)(F)F)cc(NN)n2)CCCC1. The summed E-state index contributed by atoms with van der Waals surface area (Å²) in [7, 11) is 0. The maximum atomic E-state index is 12.8. The van der Waals surface area contributed by atoms with Gasteiger partial charge in [0.2, 0.25) is 0 Å². The fourth-order valence-electron chi connectivity index (χ4n) is 2.92. The lowest BCUT2D eigenvalue weighted by Crippen LogP contribution is -2.26. The molecule has 0 saturated heterocycles. The van der Waals surface area contributed by atoms with Gasteiger partial charge in [0.15, 0.2) is 0 Å². The summed E-state index contributed by atoms with van der Waals surface area (Å²) in [6.45, 7) is 2.77. The van der Waals surface area contributed by atoms with Gasteiger partial charge in [-0.25, -0.2) is 10.8 Å². The Hall–Kier alpha value is -1.50. The van der Waals surface area contributed by atoms with E-state index in [1.54, 1.807) is 0 Å². The summed E-state index contributed by atoms with van der Waals surface area (Å²) in [5, 5.41) is 3.06. The van der Waals surface area contributed by atoms with Gasteiger partial charge in [-0.05, 0) is 36.8 Å². The van der Waals surface area contributed by atoms with Crippen molar-refractivity contribution in [2.45, 2.75) is 45.2 Å². The van der Waals surface area contributed by atoms with Gasteiger partial charge in [-0.3, -0.25) is 0 Å². The molecule has 2 rings (SSSR count). The molecule has 7 heteroatoms. The van der Waals surface area contributed by atoms with Crippen molar-refractivity contribution in [1.82, 2.24) is 4.98 Å². The minimum Gasteiger partial charge on any atom is -0.369 e. The van der Waals surface area contributed by atoms with E-state index in [4.69, 9.17) is 5.84 Å². The zero-order chi connectivity index (χ0) is 15.5. The Kier molecular flexibility index (Phi) is 4.61. The molecule has 1 aromatic rings. The number of hydrazine groups is 1. The highest BCUT2D eigenvalue weighted by Gasteiger charge is 2.33. The molecular formula is C14H21F3N4. The van der Waals surface area contributed by atoms with Crippen LogP contribution in [0, 0.1) is 5.41 Å². The van der Waals surface area contributed by atoms with E-state index >= 15 is 0 Å². The van der Waals surface area contributed by atoms with Crippen LogP contribution in [0.3, 0.4) is 0 Å². The van der Waals surface area contributed by atoms with Crippen LogP contribution in [0.1, 0.15) is 44.6 Å². The molecule has 1 aromatic heterocycles. The standard InChI is InChI=1S/C14H21F3N4/c1-2-13(5-3-4-6-13)9-19-11-7-10(14(15,16)17)8-12(20-11)21-18/h7-8H,2-6,9,18H2,1H3,(H2,19,20,21). The van der Waals surface area contributed by atoms with Gasteiger partial charge >= 0.3 is 6.18 Å². The molecule has 0 aromatic carbocycles. The number of pyridine rings is 1. The van der Waals surface area contributed by atoms with Crippen LogP contribution in [0.4, 0.5) is 24.8 Å². The predicted octanol–water partition coefficient (Wildman–Crippen LogP) is 3.77. The molecule has 0 bridgehead atoms. The van der Waals surface area contributed by atoms with Gasteiger partial charge in [-0.2, -0.15) is 13.2 Å². The summed E-state index contributed by atoms with van der Waals surface area (Å²) in [6, 6.07) is 1.93. The Balaban J connectivity index is 2.15. The third kappa shape index (κ3) is 3.78. The van der Waals surface area contributed by atoms with Gasteiger partial charge < -0.3 is 10.7 Å². The van der Waals surface area contributed by atoms with Crippen LogP contribution < -0.4 is 16.6 Å². The quantitative estimate of drug-likeness (QED) is 0.572. The lowest BCUT2D eigenvalue weighted by atomic mass is 9.83. The lowest BCUT2D eigenvalue weighted by Gasteiger charge is -2.28. The van der Waals surface area contributed by atoms with Crippen molar-refractivity contribution in [3.63, 3.8) is 0 Å². The van der Waals surface area contributed by atoms with Gasteiger partial charge in [-0.1, -0.05) is 19.8 Å². The van der Waals surface area contributed by atoms with E-state index in [9.17, 15) is 13.2 Å². The predicted molar refractivity (Wildman–Crippen MR) is 76.7 cm³/mol. The highest BCUT2D eigenvalue weighted by Crippen LogP contribution is 2.41. The smallest absolute Gasteiger partial charge is 0.369 e. The number of nitrogens with zero attached hydrogens (tertiary/aromatic N) is 1. The number of halogens is 3. The molecule has 0 atom stereocenters. The topological polar surface area (TPSA) is 63.0 Å². The third-order valence-electron chi connectivity index (χ3n) is 4.36. The van der Waals surface area contributed by atoms with Crippen molar-refractivity contribution in [2.24, 2.45) is 11.3 Å². The average Bonchev–Trinajstić information content (AvgIpc) is 2.93. The number of rotatable bonds is 5. The second kappa shape index (κ2) is 6.09. The largest absolute Gasteiger partial charge is 0.416 e. The van der Waals surface area contributed by atoms with Crippen LogP contribution in [0.2, 0.25) is 0 Å². The summed E-state index contributed by atoms with van der Waals surface area (Å²) in [5.41, 5.74) is 1.59. The first-order valence-corrected chi connectivity index (χ1v) is 7.18. The maximum Gasteiger partial charge on any atom is 0.416 e. The van der Waals surface area contributed by atoms with E-state index in [-0.39, 0.29) is 17.1 Å². The highest BCUT2D eigenvalue weighted by molar-refractivity contribution is 5.49. The van der Waals surface area contributed by atoms with E-state index in [2.05, 4.69) is 22.7 Å². The maximum absolute atomic E-state index is 12.8. The summed E-state index contributed by atoms with van der Waals surface area (Å²) in [4.78, 5) is 4.04. The van der Waals surface area contributed by atoms with Crippen molar-refractivity contribution in [3.8, 4) is 0 Å². The number of alkyl halides is 3. The van der Waals surface area contributed by atoms with Crippen LogP contribution in [0.5, 0.6) is 0 Å². The molecule has 1 aliphatic carbocycles. The summed E-state index contributed by atoms with van der Waals surface area (Å²) >= 11 is 0. The van der Waals surface area contributed by atoms with Crippen LogP contribution in [0.25, 0.3) is 0 Å². The highest BCUT2D eigenvalue weighted by atomic mass is 19.4. The van der Waals surface area contributed by atoms with Gasteiger partial charge in [0, 0.05) is 6.54 Å². The number of hydrogen-bond acceptors (Lipinski definition) is 4. The summed E-state index contributed by atoms with van der Waals surface area (Å²) < 4.78 is 38.5. The van der Waals surface area contributed by atoms with Crippen molar-refractivity contribution in [2.75, 3.05) is 17.3 Å². The number of anilines is 2. The molecule has 118 valence electrons. The average molecular weight is 302 g/mol. The Morgan fingerprint density at radius 1 is 1.24 bits per heavy atom. The molecule has 1 heterocycles. The molecule has 0 unspecified atom stereocenters. The Morgan fingerprint density at radius 2 is 1.86 bits per heavy atom. The molecule has 1 fully saturated rings. The first-order chi connectivity index (χ1) is 9.88. The molecule has 1 aliphatic rings. The fraction of sp³-hybridized carbons (Fsp3) is 0.643. The molecule has 0 radical (unpaired) electrons. The van der Waals surface area contributed by atoms with Crippen molar-refractivity contribution in [1.29, 1.82) is 0 Å². The van der Waals surface area contributed by atoms with E-state index in [0.29, 0.717) is 6.54 Å². The number of nitrogens with one attached hydrogen (secondary N) is 2. The van der Waals surface area contributed by atoms with E-state index in [1.807, 2.05) is 0 Å². The minimum absolute atomic E-state index is 0.00398. The van der Waals surface area contributed by atoms with Gasteiger partial charge in [0.25, 0.3) is 0 Å². The van der Waals surface area contributed by atoms with Crippen LogP contribution in [-0.4, -0.2) is 11.5 Å². The Labute approximate surface area is 122 Å². The summed E-state index contributed by atoms with van der Waals surface area (Å²) in [5.74, 6) is 5.40. The zero-order valence-corrected chi connectivity index (χ0v) is 12.1. The zero-order valence-electron chi connectivity index (χ0n) is 12.1. The Bertz CT molecular complexity index is 482. The van der Waals surface area contributed by atoms with Crippen LogP contribution in [0.15, 0.2) is 12.1 Å². The van der Waals surface area contributed by atoms with Crippen molar-refractivity contribution >= 4 is 11.6 Å². The molecular weight excluding hydrogens is 281 g/mol. The number of hydrogen-bond donors (Lipinski definition) is 3. The normalized spacial score (nSPS) is 17.8. The third-order valence-corrected chi connectivity index (χ3v) is 4.36. The Morgan fingerprint density at radius 3 is 2.38 bits per heavy atom. The van der Waals surface area contributed by atoms with Crippen LogP contribution in [-0.2, 0) is 6.18 Å². The molecule has 4 nitrogen and oxygen atoms in total. The van der Waals surface area contributed by atoms with E-state index in [1.165, 1.54) is 12.8 Å². The molecule has 0 spiro atoms. The molecule has 0 aliphatic heterocycles. The lowest BCUT2D eigenvalue weighted by molar-refractivity contribution is -0.137. The van der Waals surface area contributed by atoms with E-state index < -0.39 is 11.7 Å².